The van der Waals surface area contributed by atoms with Crippen molar-refractivity contribution >= 4 is 35.3 Å². The van der Waals surface area contributed by atoms with E-state index in [1.54, 1.807) is 12.1 Å². The summed E-state index contributed by atoms with van der Waals surface area (Å²) in [5, 5.41) is 5.87. The fourth-order valence-corrected chi connectivity index (χ4v) is 2.00. The number of benzene rings is 2. The summed E-state index contributed by atoms with van der Waals surface area (Å²) in [6.45, 7) is 0. The number of nitrogens with one attached hydrogen (secondary N) is 2. The van der Waals surface area contributed by atoms with Crippen LogP contribution in [0.4, 0.5) is 18.9 Å². The highest BCUT2D eigenvalue weighted by molar-refractivity contribution is 6.41. The van der Waals surface area contributed by atoms with Crippen molar-refractivity contribution in [2.24, 2.45) is 5.10 Å². The molecule has 2 amide bonds. The molecule has 2 aromatic carbocycles. The molecule has 0 aliphatic heterocycles. The van der Waals surface area contributed by atoms with E-state index >= 15 is 0 Å². The highest BCUT2D eigenvalue weighted by Crippen LogP contribution is 2.31. The second-order valence-electron chi connectivity index (χ2n) is 4.72. The second kappa shape index (κ2) is 7.80. The van der Waals surface area contributed by atoms with Gasteiger partial charge in [-0.1, -0.05) is 41.9 Å². The van der Waals surface area contributed by atoms with Gasteiger partial charge in [0.05, 0.1) is 22.5 Å². The van der Waals surface area contributed by atoms with Crippen LogP contribution in [-0.2, 0) is 15.8 Å². The standard InChI is InChI=1S/C16H11ClF3N3O2/c17-12-7-3-4-8-13(12)22-14(24)15(25)23-21-9-10-5-1-2-6-11(10)16(18,19)20/h1-9H,(H,22,24)(H,23,25)/b21-9+. The molecule has 0 fully saturated rings. The molecule has 0 saturated carbocycles. The van der Waals surface area contributed by atoms with Crippen LogP contribution in [0.15, 0.2) is 53.6 Å². The number of halogens is 4. The molecule has 0 bridgehead atoms. The number of rotatable bonds is 3. The maximum atomic E-state index is 12.8. The minimum atomic E-state index is -4.56. The fraction of sp³-hybridized carbons (Fsp3) is 0.0625. The molecule has 130 valence electrons. The number of carbonyl (C=O) groups is 2. The molecule has 0 heterocycles. The van der Waals surface area contributed by atoms with Gasteiger partial charge in [0.2, 0.25) is 0 Å². The third-order valence-electron chi connectivity index (χ3n) is 2.96. The van der Waals surface area contributed by atoms with Crippen LogP contribution in [0.5, 0.6) is 0 Å². The molecular formula is C16H11ClF3N3O2. The maximum Gasteiger partial charge on any atom is 0.417 e. The Labute approximate surface area is 145 Å². The van der Waals surface area contributed by atoms with E-state index in [-0.39, 0.29) is 16.3 Å². The van der Waals surface area contributed by atoms with Crippen molar-refractivity contribution in [3.05, 3.63) is 64.7 Å². The summed E-state index contributed by atoms with van der Waals surface area (Å²) in [6, 6.07) is 10.9. The smallest absolute Gasteiger partial charge is 0.316 e. The molecule has 9 heteroatoms. The zero-order chi connectivity index (χ0) is 18.4. The molecule has 0 unspecified atom stereocenters. The van der Waals surface area contributed by atoms with E-state index in [4.69, 9.17) is 11.6 Å². The lowest BCUT2D eigenvalue weighted by molar-refractivity contribution is -0.137. The van der Waals surface area contributed by atoms with Gasteiger partial charge in [0, 0.05) is 5.56 Å². The number of nitrogens with zero attached hydrogens (tertiary/aromatic N) is 1. The predicted octanol–water partition coefficient (Wildman–Crippen LogP) is 3.45. The normalized spacial score (nSPS) is 11.4. The summed E-state index contributed by atoms with van der Waals surface area (Å²) >= 11 is 5.83. The third-order valence-corrected chi connectivity index (χ3v) is 3.29. The average molecular weight is 370 g/mol. The number of hydrogen-bond acceptors (Lipinski definition) is 3. The molecule has 2 rings (SSSR count). The van der Waals surface area contributed by atoms with E-state index in [1.807, 2.05) is 5.43 Å². The summed E-state index contributed by atoms with van der Waals surface area (Å²) in [6.07, 6.45) is -3.75. The van der Waals surface area contributed by atoms with Crippen molar-refractivity contribution < 1.29 is 22.8 Å². The summed E-state index contributed by atoms with van der Waals surface area (Å²) < 4.78 is 38.5. The van der Waals surface area contributed by atoms with Gasteiger partial charge in [-0.15, -0.1) is 0 Å². The van der Waals surface area contributed by atoms with Crippen LogP contribution < -0.4 is 10.7 Å². The molecule has 0 aliphatic carbocycles. The molecule has 0 aromatic heterocycles. The molecule has 0 radical (unpaired) electrons. The summed E-state index contributed by atoms with van der Waals surface area (Å²) in [5.41, 5.74) is 0.918. The molecule has 25 heavy (non-hydrogen) atoms. The number of alkyl halides is 3. The predicted molar refractivity (Wildman–Crippen MR) is 87.3 cm³/mol. The van der Waals surface area contributed by atoms with Crippen molar-refractivity contribution in [1.82, 2.24) is 5.43 Å². The highest BCUT2D eigenvalue weighted by atomic mass is 35.5. The zero-order valence-corrected chi connectivity index (χ0v) is 13.2. The Morgan fingerprint density at radius 1 is 1.00 bits per heavy atom. The number of carbonyl (C=O) groups excluding carboxylic acids is 2. The van der Waals surface area contributed by atoms with Gasteiger partial charge < -0.3 is 5.32 Å². The number of amides is 2. The first-order chi connectivity index (χ1) is 11.8. The lowest BCUT2D eigenvalue weighted by Crippen LogP contribution is -2.32. The van der Waals surface area contributed by atoms with Crippen LogP contribution >= 0.6 is 11.6 Å². The zero-order valence-electron chi connectivity index (χ0n) is 12.5. The molecule has 0 atom stereocenters. The van der Waals surface area contributed by atoms with Crippen LogP contribution in [0.3, 0.4) is 0 Å². The number of hydrogen-bond donors (Lipinski definition) is 2. The lowest BCUT2D eigenvalue weighted by atomic mass is 10.1. The first-order valence-electron chi connectivity index (χ1n) is 6.84. The molecular weight excluding hydrogens is 359 g/mol. The molecule has 0 aliphatic rings. The van der Waals surface area contributed by atoms with Crippen molar-refractivity contribution in [3.8, 4) is 0 Å². The maximum absolute atomic E-state index is 12.8. The minimum Gasteiger partial charge on any atom is -0.316 e. The molecule has 0 saturated heterocycles. The summed E-state index contributed by atoms with van der Waals surface area (Å²) in [4.78, 5) is 23.3. The summed E-state index contributed by atoms with van der Waals surface area (Å²) in [5.74, 6) is -2.21. The Bertz CT molecular complexity index is 822. The molecule has 0 spiro atoms. The largest absolute Gasteiger partial charge is 0.417 e. The first kappa shape index (κ1) is 18.5. The van der Waals surface area contributed by atoms with Crippen LogP contribution in [0.2, 0.25) is 5.02 Å². The second-order valence-corrected chi connectivity index (χ2v) is 5.13. The van der Waals surface area contributed by atoms with E-state index < -0.39 is 23.6 Å². The monoisotopic (exact) mass is 369 g/mol. The molecule has 5 nitrogen and oxygen atoms in total. The molecule has 2 aromatic rings. The number of hydrazone groups is 1. The van der Waals surface area contributed by atoms with Crippen molar-refractivity contribution in [1.29, 1.82) is 0 Å². The van der Waals surface area contributed by atoms with Gasteiger partial charge >= 0.3 is 18.0 Å². The van der Waals surface area contributed by atoms with E-state index in [0.717, 1.165) is 12.3 Å². The van der Waals surface area contributed by atoms with Crippen LogP contribution in [-0.4, -0.2) is 18.0 Å². The van der Waals surface area contributed by atoms with Gasteiger partial charge in [-0.05, 0) is 18.2 Å². The topological polar surface area (TPSA) is 70.6 Å². The average Bonchev–Trinajstić information content (AvgIpc) is 2.56. The van der Waals surface area contributed by atoms with Gasteiger partial charge in [0.1, 0.15) is 0 Å². The van der Waals surface area contributed by atoms with Gasteiger partial charge in [-0.25, -0.2) is 5.43 Å². The van der Waals surface area contributed by atoms with Crippen LogP contribution in [0.25, 0.3) is 0 Å². The number of anilines is 1. The van der Waals surface area contributed by atoms with Crippen LogP contribution in [0.1, 0.15) is 11.1 Å². The van der Waals surface area contributed by atoms with Gasteiger partial charge in [-0.2, -0.15) is 18.3 Å². The first-order valence-corrected chi connectivity index (χ1v) is 7.22. The quantitative estimate of drug-likeness (QED) is 0.494. The Balaban J connectivity index is 2.02. The van der Waals surface area contributed by atoms with E-state index in [1.165, 1.54) is 30.3 Å². The fourth-order valence-electron chi connectivity index (χ4n) is 1.82. The Kier molecular flexibility index (Phi) is 5.76. The van der Waals surface area contributed by atoms with Crippen molar-refractivity contribution in [2.45, 2.75) is 6.18 Å². The lowest BCUT2D eigenvalue weighted by Gasteiger charge is -2.09. The van der Waals surface area contributed by atoms with Crippen LogP contribution in [0, 0.1) is 0 Å². The highest BCUT2D eigenvalue weighted by Gasteiger charge is 2.32. The third kappa shape index (κ3) is 5.05. The van der Waals surface area contributed by atoms with Crippen molar-refractivity contribution in [2.75, 3.05) is 5.32 Å². The Morgan fingerprint density at radius 2 is 1.64 bits per heavy atom. The summed E-state index contributed by atoms with van der Waals surface area (Å²) in [7, 11) is 0. The SMILES string of the molecule is O=C(N/N=C/c1ccccc1C(F)(F)F)C(=O)Nc1ccccc1Cl. The Hall–Kier alpha value is -2.87. The van der Waals surface area contributed by atoms with Gasteiger partial charge in [0.25, 0.3) is 0 Å². The van der Waals surface area contributed by atoms with E-state index in [2.05, 4.69) is 10.4 Å². The Morgan fingerprint density at radius 3 is 2.32 bits per heavy atom. The minimum absolute atomic E-state index is 0.218. The van der Waals surface area contributed by atoms with E-state index in [9.17, 15) is 22.8 Å². The molecule has 2 N–H and O–H groups in total. The van der Waals surface area contributed by atoms with Crippen molar-refractivity contribution in [3.63, 3.8) is 0 Å². The number of para-hydroxylation sites is 1. The van der Waals surface area contributed by atoms with Gasteiger partial charge in [-0.3, -0.25) is 9.59 Å². The van der Waals surface area contributed by atoms with E-state index in [0.29, 0.717) is 0 Å². The van der Waals surface area contributed by atoms with Gasteiger partial charge in [0.15, 0.2) is 0 Å².